The highest BCUT2D eigenvalue weighted by Gasteiger charge is 2.28. The molecule has 2 saturated heterocycles. The number of aromatic nitrogens is 4. The molecule has 8 rings (SSSR count). The van der Waals surface area contributed by atoms with Gasteiger partial charge in [-0.1, -0.05) is 0 Å². The molecule has 1 aliphatic carbocycles. The fourth-order valence-electron chi connectivity index (χ4n) is 7.99. The lowest BCUT2D eigenvalue weighted by molar-refractivity contribution is -0.120. The summed E-state index contributed by atoms with van der Waals surface area (Å²) in [4.78, 5) is 47.2. The molecule has 1 saturated carbocycles. The minimum absolute atomic E-state index is 0.137. The number of nitrogens with zero attached hydrogens (tertiary/aromatic N) is 7. The summed E-state index contributed by atoms with van der Waals surface area (Å²) in [7, 11) is 0. The van der Waals surface area contributed by atoms with Crippen molar-refractivity contribution < 1.29 is 32.7 Å². The molecule has 0 radical (unpaired) electrons. The van der Waals surface area contributed by atoms with Gasteiger partial charge in [-0.2, -0.15) is 9.49 Å². The first-order valence-corrected chi connectivity index (χ1v) is 18.8. The molecule has 0 unspecified atom stereocenters. The second kappa shape index (κ2) is 15.2. The largest absolute Gasteiger partial charge is 0.503 e. The van der Waals surface area contributed by atoms with Crippen molar-refractivity contribution in [3.8, 4) is 5.75 Å². The number of halogens is 3. The first kappa shape index (κ1) is 36.3. The van der Waals surface area contributed by atoms with Gasteiger partial charge in [0.1, 0.15) is 11.5 Å². The number of aromatic hydroxyl groups is 1. The van der Waals surface area contributed by atoms with Crippen LogP contribution in [-0.4, -0.2) is 92.8 Å². The SMILES string of the molecule is O=C1CCN(c2cnc3cc(CCCN4CCN(c5ccc6cn(C7CCC(CNC(=O)c8cc(F)c(O)c(F)c8F)CC7)nc6c5)CC4)ccn23)C(=O)N1. The number of hydrogen-bond donors (Lipinski definition) is 3. The molecule has 3 fully saturated rings. The van der Waals surface area contributed by atoms with Crippen LogP contribution < -0.4 is 20.4 Å². The molecule has 55 heavy (non-hydrogen) atoms. The molecule has 0 bridgehead atoms. The molecular formula is C39H42F3N9O4. The zero-order chi connectivity index (χ0) is 38.2. The van der Waals surface area contributed by atoms with E-state index in [4.69, 9.17) is 5.10 Å². The zero-order valence-electron chi connectivity index (χ0n) is 30.2. The van der Waals surface area contributed by atoms with E-state index < -0.39 is 40.7 Å². The van der Waals surface area contributed by atoms with Gasteiger partial charge in [-0.25, -0.2) is 18.6 Å². The fourth-order valence-corrected chi connectivity index (χ4v) is 7.99. The van der Waals surface area contributed by atoms with Gasteiger partial charge in [0.05, 0.1) is 23.3 Å². The van der Waals surface area contributed by atoms with Gasteiger partial charge in [-0.3, -0.25) is 33.8 Å². The number of carbonyl (C=O) groups is 3. The van der Waals surface area contributed by atoms with E-state index in [9.17, 15) is 32.7 Å². The van der Waals surface area contributed by atoms with Crippen LogP contribution >= 0.6 is 0 Å². The van der Waals surface area contributed by atoms with E-state index in [2.05, 4.69) is 61.9 Å². The average Bonchev–Trinajstić information content (AvgIpc) is 3.82. The predicted octanol–water partition coefficient (Wildman–Crippen LogP) is 5.17. The standard InChI is InChI=1S/C39H42F3N9O4/c40-30-20-29(35(41)36(42)37(30)53)38(54)44-21-25-3-6-27(7-4-25)51-23-26-5-8-28(19-31(26)46-51)48-16-14-47(15-17-48)11-1-2-24-9-12-49-32(18-24)43-22-34(49)50-13-10-33(52)45-39(50)55/h5,8-9,12,18-20,22-23,25,27,53H,1-4,6-7,10-11,13-17,21H2,(H,44,54)(H,45,52,55). The highest BCUT2D eigenvalue weighted by molar-refractivity contribution is 6.05. The summed E-state index contributed by atoms with van der Waals surface area (Å²) in [5.41, 5.74) is 3.29. The van der Waals surface area contributed by atoms with Gasteiger partial charge in [-0.05, 0) is 92.9 Å². The summed E-state index contributed by atoms with van der Waals surface area (Å²) >= 11 is 0. The molecule has 2 aromatic carbocycles. The van der Waals surface area contributed by atoms with Gasteiger partial charge in [0.2, 0.25) is 11.7 Å². The van der Waals surface area contributed by atoms with Gasteiger partial charge >= 0.3 is 6.03 Å². The fraction of sp³-hybridized carbons (Fsp3) is 0.410. The van der Waals surface area contributed by atoms with Crippen LogP contribution in [0.1, 0.15) is 60.5 Å². The first-order valence-electron chi connectivity index (χ1n) is 18.8. The summed E-state index contributed by atoms with van der Waals surface area (Å²) in [5.74, 6) is -6.58. The molecule has 3 aromatic heterocycles. The number of imide groups is 1. The summed E-state index contributed by atoms with van der Waals surface area (Å²) in [6.07, 6.45) is 11.2. The Labute approximate surface area is 314 Å². The number of pyridine rings is 1. The Morgan fingerprint density at radius 1 is 0.964 bits per heavy atom. The number of carbonyl (C=O) groups excluding carboxylic acids is 3. The second-order valence-electron chi connectivity index (χ2n) is 14.7. The number of nitrogens with one attached hydrogen (secondary N) is 2. The molecule has 0 spiro atoms. The maximum absolute atomic E-state index is 14.1. The van der Waals surface area contributed by atoms with Crippen LogP contribution in [0.25, 0.3) is 16.6 Å². The molecule has 3 N–H and O–H groups in total. The Hall–Kier alpha value is -5.64. The van der Waals surface area contributed by atoms with E-state index >= 15 is 0 Å². The second-order valence-corrected chi connectivity index (χ2v) is 14.7. The number of aryl methyl sites for hydroxylation is 1. The minimum atomic E-state index is -1.78. The number of phenolic OH excluding ortho intramolecular Hbond substituents is 1. The topological polar surface area (TPSA) is 140 Å². The van der Waals surface area contributed by atoms with Gasteiger partial charge < -0.3 is 15.3 Å². The van der Waals surface area contributed by atoms with Crippen molar-refractivity contribution in [3.63, 3.8) is 0 Å². The van der Waals surface area contributed by atoms with Crippen molar-refractivity contribution in [2.24, 2.45) is 5.92 Å². The number of anilines is 2. The molecule has 3 aliphatic rings. The lowest BCUT2D eigenvalue weighted by Crippen LogP contribution is -2.50. The number of piperazine rings is 1. The normalized spacial score (nSPS) is 19.7. The summed E-state index contributed by atoms with van der Waals surface area (Å²) in [6, 6.07) is 10.8. The average molecular weight is 758 g/mol. The summed E-state index contributed by atoms with van der Waals surface area (Å²) in [6.45, 7) is 5.37. The minimum Gasteiger partial charge on any atom is -0.503 e. The lowest BCUT2D eigenvalue weighted by Gasteiger charge is -2.36. The maximum atomic E-state index is 14.1. The van der Waals surface area contributed by atoms with E-state index in [1.807, 2.05) is 15.3 Å². The number of benzene rings is 2. The Morgan fingerprint density at radius 2 is 1.76 bits per heavy atom. The van der Waals surface area contributed by atoms with Crippen molar-refractivity contribution >= 4 is 45.9 Å². The molecule has 4 amide bonds. The zero-order valence-corrected chi connectivity index (χ0v) is 30.2. The van der Waals surface area contributed by atoms with Crippen LogP contribution in [0.3, 0.4) is 0 Å². The maximum Gasteiger partial charge on any atom is 0.329 e. The van der Waals surface area contributed by atoms with Crippen LogP contribution in [0.4, 0.5) is 29.5 Å². The predicted molar refractivity (Wildman–Crippen MR) is 199 cm³/mol. The monoisotopic (exact) mass is 757 g/mol. The van der Waals surface area contributed by atoms with Crippen molar-refractivity contribution in [2.45, 2.75) is 51.0 Å². The third-order valence-corrected chi connectivity index (χ3v) is 11.2. The molecular weight excluding hydrogens is 715 g/mol. The Bertz CT molecular complexity index is 2260. The van der Waals surface area contributed by atoms with Gasteiger partial charge in [0, 0.05) is 69.2 Å². The number of amides is 4. The van der Waals surface area contributed by atoms with E-state index in [0.29, 0.717) is 18.4 Å². The number of phenols is 1. The molecule has 5 heterocycles. The van der Waals surface area contributed by atoms with Crippen LogP contribution in [0.5, 0.6) is 5.75 Å². The molecule has 2 aliphatic heterocycles. The smallest absolute Gasteiger partial charge is 0.329 e. The summed E-state index contributed by atoms with van der Waals surface area (Å²) < 4.78 is 45.4. The van der Waals surface area contributed by atoms with Crippen LogP contribution in [0.15, 0.2) is 55.0 Å². The molecule has 5 aromatic rings. The Kier molecular flexibility index (Phi) is 10.1. The van der Waals surface area contributed by atoms with E-state index in [1.54, 1.807) is 11.1 Å². The number of urea groups is 1. The lowest BCUT2D eigenvalue weighted by atomic mass is 9.86. The highest BCUT2D eigenvalue weighted by Crippen LogP contribution is 2.33. The number of hydrogen-bond acceptors (Lipinski definition) is 8. The first-order chi connectivity index (χ1) is 26.6. The van der Waals surface area contributed by atoms with E-state index in [-0.39, 0.29) is 30.8 Å². The third-order valence-electron chi connectivity index (χ3n) is 11.2. The Balaban J connectivity index is 0.785. The van der Waals surface area contributed by atoms with Crippen LogP contribution in [-0.2, 0) is 11.2 Å². The number of imidazole rings is 1. The van der Waals surface area contributed by atoms with E-state index in [0.717, 1.165) is 93.5 Å². The molecule has 13 nitrogen and oxygen atoms in total. The van der Waals surface area contributed by atoms with Crippen LogP contribution in [0, 0.1) is 23.4 Å². The van der Waals surface area contributed by atoms with Crippen LogP contribution in [0.2, 0.25) is 0 Å². The van der Waals surface area contributed by atoms with Crippen molar-refractivity contribution in [2.75, 3.05) is 55.6 Å². The third kappa shape index (κ3) is 7.55. The summed E-state index contributed by atoms with van der Waals surface area (Å²) in [5, 5.41) is 20.2. The molecule has 288 valence electrons. The molecule has 0 atom stereocenters. The van der Waals surface area contributed by atoms with E-state index in [1.165, 1.54) is 5.56 Å². The molecule has 16 heteroatoms. The number of rotatable bonds is 10. The highest BCUT2D eigenvalue weighted by atomic mass is 19.2. The van der Waals surface area contributed by atoms with Gasteiger partial charge in [0.15, 0.2) is 17.4 Å². The van der Waals surface area contributed by atoms with Crippen molar-refractivity contribution in [3.05, 3.63) is 83.6 Å². The Morgan fingerprint density at radius 3 is 2.55 bits per heavy atom. The number of fused-ring (bicyclic) bond motifs is 2. The van der Waals surface area contributed by atoms with Crippen molar-refractivity contribution in [1.29, 1.82) is 0 Å². The van der Waals surface area contributed by atoms with Gasteiger partial charge in [-0.15, -0.1) is 0 Å². The van der Waals surface area contributed by atoms with Gasteiger partial charge in [0.25, 0.3) is 5.91 Å². The quantitative estimate of drug-likeness (QED) is 0.166. The van der Waals surface area contributed by atoms with Crippen molar-refractivity contribution in [1.82, 2.24) is 34.7 Å².